The minimum absolute atomic E-state index is 0.374. The number of thiocarbonyl (C=S) groups is 1. The monoisotopic (exact) mass is 334 g/mol. The average molecular weight is 335 g/mol. The maximum absolute atomic E-state index is 10.9. The maximum atomic E-state index is 10.9. The molecule has 0 saturated heterocycles. The van der Waals surface area contributed by atoms with Gasteiger partial charge in [0.15, 0.2) is 0 Å². The summed E-state index contributed by atoms with van der Waals surface area (Å²) in [4.78, 5) is 0.374. The number of hydrogen-bond donors (Lipinski definition) is 2. The Morgan fingerprint density at radius 3 is 2.88 bits per heavy atom. The molecule has 0 fully saturated rings. The topological polar surface area (TPSA) is 55.1 Å². The van der Waals surface area contributed by atoms with E-state index in [4.69, 9.17) is 18.0 Å². The summed E-state index contributed by atoms with van der Waals surface area (Å²) in [7, 11) is -0.742. The Bertz CT molecular complexity index is 437. The molecule has 0 radical (unpaired) electrons. The van der Waals surface area contributed by atoms with Crippen molar-refractivity contribution < 1.29 is 4.21 Å². The molecule has 1 aromatic carbocycles. The van der Waals surface area contributed by atoms with Crippen LogP contribution < -0.4 is 11.1 Å². The molecular weight excluding hydrogens is 320 g/mol. The molecule has 0 bridgehead atoms. The fourth-order valence-electron chi connectivity index (χ4n) is 1.38. The lowest BCUT2D eigenvalue weighted by Crippen LogP contribution is -2.14. The highest BCUT2D eigenvalue weighted by Gasteiger charge is 2.05. The van der Waals surface area contributed by atoms with Crippen molar-refractivity contribution in [3.8, 4) is 0 Å². The minimum atomic E-state index is -0.742. The second-order valence-electron chi connectivity index (χ2n) is 3.61. The number of rotatable bonds is 6. The smallest absolute Gasteiger partial charge is 0.106 e. The van der Waals surface area contributed by atoms with Gasteiger partial charge in [0.05, 0.1) is 0 Å². The molecule has 17 heavy (non-hydrogen) atoms. The van der Waals surface area contributed by atoms with Crippen LogP contribution in [0.4, 0.5) is 5.69 Å². The van der Waals surface area contributed by atoms with Crippen molar-refractivity contribution in [3.05, 3.63) is 28.2 Å². The highest BCUT2D eigenvalue weighted by molar-refractivity contribution is 9.10. The summed E-state index contributed by atoms with van der Waals surface area (Å²) in [6, 6.07) is 5.73. The van der Waals surface area contributed by atoms with E-state index in [1.54, 1.807) is 6.26 Å². The van der Waals surface area contributed by atoms with Crippen molar-refractivity contribution in [1.29, 1.82) is 0 Å². The first-order valence-corrected chi connectivity index (χ1v) is 8.07. The van der Waals surface area contributed by atoms with E-state index in [1.807, 2.05) is 18.2 Å². The zero-order chi connectivity index (χ0) is 12.8. The number of nitrogens with two attached hydrogens (primary N) is 1. The lowest BCUT2D eigenvalue weighted by atomic mass is 10.2. The van der Waals surface area contributed by atoms with Crippen LogP contribution in [0, 0.1) is 0 Å². The van der Waals surface area contributed by atoms with Crippen LogP contribution in [0.5, 0.6) is 0 Å². The fourth-order valence-corrected chi connectivity index (χ4v) is 2.47. The van der Waals surface area contributed by atoms with Gasteiger partial charge in [-0.3, -0.25) is 4.21 Å². The highest BCUT2D eigenvalue weighted by atomic mass is 79.9. The Hall–Kier alpha value is -0.460. The summed E-state index contributed by atoms with van der Waals surface area (Å²) in [5.74, 6) is 0.698. The van der Waals surface area contributed by atoms with Crippen molar-refractivity contribution in [1.82, 2.24) is 0 Å². The Labute approximate surface area is 118 Å². The fraction of sp³-hybridized carbons (Fsp3) is 0.364. The molecule has 3 N–H and O–H groups in total. The number of nitrogens with one attached hydrogen (secondary N) is 1. The molecule has 94 valence electrons. The average Bonchev–Trinajstić information content (AvgIpc) is 2.23. The summed E-state index contributed by atoms with van der Waals surface area (Å²) in [5, 5.41) is 3.26. The van der Waals surface area contributed by atoms with Gasteiger partial charge in [0.1, 0.15) is 4.99 Å². The van der Waals surface area contributed by atoms with E-state index >= 15 is 0 Å². The third kappa shape index (κ3) is 5.14. The first kappa shape index (κ1) is 14.6. The van der Waals surface area contributed by atoms with Crippen LogP contribution >= 0.6 is 28.1 Å². The van der Waals surface area contributed by atoms with E-state index in [9.17, 15) is 4.21 Å². The molecule has 1 rings (SSSR count). The van der Waals surface area contributed by atoms with Gasteiger partial charge in [-0.05, 0) is 24.6 Å². The van der Waals surface area contributed by atoms with Gasteiger partial charge in [-0.25, -0.2) is 0 Å². The predicted octanol–water partition coefficient (Wildman–Crippen LogP) is 2.26. The molecule has 0 aliphatic carbocycles. The zero-order valence-corrected chi connectivity index (χ0v) is 12.8. The summed E-state index contributed by atoms with van der Waals surface area (Å²) < 4.78 is 11.9. The van der Waals surface area contributed by atoms with E-state index in [-0.39, 0.29) is 0 Å². The van der Waals surface area contributed by atoms with Gasteiger partial charge in [0, 0.05) is 45.1 Å². The molecular formula is C11H15BrN2OS2. The van der Waals surface area contributed by atoms with Crippen LogP contribution in [0.3, 0.4) is 0 Å². The maximum Gasteiger partial charge on any atom is 0.106 e. The van der Waals surface area contributed by atoms with Gasteiger partial charge in [0.2, 0.25) is 0 Å². The first-order chi connectivity index (χ1) is 8.00. The molecule has 0 aromatic heterocycles. The number of benzene rings is 1. The van der Waals surface area contributed by atoms with E-state index in [0.29, 0.717) is 10.7 Å². The molecule has 0 spiro atoms. The van der Waals surface area contributed by atoms with E-state index < -0.39 is 10.8 Å². The molecule has 0 aliphatic heterocycles. The van der Waals surface area contributed by atoms with Crippen molar-refractivity contribution in [2.45, 2.75) is 6.42 Å². The Kier molecular flexibility index (Phi) is 6.08. The van der Waals surface area contributed by atoms with Gasteiger partial charge < -0.3 is 11.1 Å². The van der Waals surface area contributed by atoms with E-state index in [1.165, 1.54) is 0 Å². The quantitative estimate of drug-likeness (QED) is 0.619. The number of anilines is 1. The largest absolute Gasteiger partial charge is 0.389 e. The normalized spacial score (nSPS) is 12.1. The molecule has 6 heteroatoms. The Balaban J connectivity index is 2.65. The summed E-state index contributed by atoms with van der Waals surface area (Å²) in [5.41, 5.74) is 7.39. The van der Waals surface area contributed by atoms with E-state index in [2.05, 4.69) is 21.2 Å². The van der Waals surface area contributed by atoms with Crippen molar-refractivity contribution in [2.24, 2.45) is 5.73 Å². The number of hydrogen-bond acceptors (Lipinski definition) is 3. The molecule has 3 nitrogen and oxygen atoms in total. The summed E-state index contributed by atoms with van der Waals surface area (Å²) in [6.45, 7) is 0.756. The van der Waals surface area contributed by atoms with Crippen molar-refractivity contribution in [2.75, 3.05) is 23.9 Å². The van der Waals surface area contributed by atoms with Crippen LogP contribution in [-0.2, 0) is 10.8 Å². The molecule has 1 atom stereocenters. The SMILES string of the molecule is CS(=O)CCCNc1cc(Br)ccc1C(N)=S. The second-order valence-corrected chi connectivity index (χ2v) is 6.52. The van der Waals surface area contributed by atoms with Gasteiger partial charge >= 0.3 is 0 Å². The Morgan fingerprint density at radius 2 is 2.29 bits per heavy atom. The second kappa shape index (κ2) is 7.08. The van der Waals surface area contributed by atoms with Crippen molar-refractivity contribution >= 4 is 49.6 Å². The van der Waals surface area contributed by atoms with Gasteiger partial charge in [0.25, 0.3) is 0 Å². The predicted molar refractivity (Wildman–Crippen MR) is 82.1 cm³/mol. The Morgan fingerprint density at radius 1 is 1.59 bits per heavy atom. The van der Waals surface area contributed by atoms with Crippen molar-refractivity contribution in [3.63, 3.8) is 0 Å². The van der Waals surface area contributed by atoms with Gasteiger partial charge in [-0.1, -0.05) is 28.1 Å². The molecule has 0 aliphatic rings. The van der Waals surface area contributed by atoms with Gasteiger partial charge in [-0.15, -0.1) is 0 Å². The van der Waals surface area contributed by atoms with Crippen LogP contribution in [0.2, 0.25) is 0 Å². The molecule has 0 heterocycles. The van der Waals surface area contributed by atoms with Gasteiger partial charge in [-0.2, -0.15) is 0 Å². The lowest BCUT2D eigenvalue weighted by Gasteiger charge is -2.11. The first-order valence-electron chi connectivity index (χ1n) is 5.14. The number of halogens is 1. The van der Waals surface area contributed by atoms with Crippen LogP contribution in [-0.4, -0.2) is 27.8 Å². The highest BCUT2D eigenvalue weighted by Crippen LogP contribution is 2.21. The standard InChI is InChI=1S/C11H15BrN2OS2/c1-17(15)6-2-5-14-10-7-8(12)3-4-9(10)11(13)16/h3-4,7,14H,2,5-6H2,1H3,(H2,13,16). The van der Waals surface area contributed by atoms with Crippen LogP contribution in [0.1, 0.15) is 12.0 Å². The third-order valence-corrected chi connectivity index (χ3v) is 3.75. The minimum Gasteiger partial charge on any atom is -0.389 e. The molecule has 1 unspecified atom stereocenters. The lowest BCUT2D eigenvalue weighted by molar-refractivity contribution is 0.685. The molecule has 1 aromatic rings. The summed E-state index contributed by atoms with van der Waals surface area (Å²) >= 11 is 8.39. The van der Waals surface area contributed by atoms with Crippen LogP contribution in [0.25, 0.3) is 0 Å². The summed E-state index contributed by atoms with van der Waals surface area (Å²) in [6.07, 6.45) is 2.56. The van der Waals surface area contributed by atoms with Crippen LogP contribution in [0.15, 0.2) is 22.7 Å². The van der Waals surface area contributed by atoms with E-state index in [0.717, 1.165) is 28.7 Å². The molecule has 0 saturated carbocycles. The zero-order valence-electron chi connectivity index (χ0n) is 9.53. The third-order valence-electron chi connectivity index (χ3n) is 2.17. The molecule has 0 amide bonds.